The van der Waals surface area contributed by atoms with Crippen molar-refractivity contribution in [3.8, 4) is 0 Å². The van der Waals surface area contributed by atoms with Gasteiger partial charge in [0.1, 0.15) is 0 Å². The van der Waals surface area contributed by atoms with Gasteiger partial charge in [-0.25, -0.2) is 0 Å². The van der Waals surface area contributed by atoms with Crippen molar-refractivity contribution in [2.75, 3.05) is 0 Å². The summed E-state index contributed by atoms with van der Waals surface area (Å²) >= 11 is 0. The van der Waals surface area contributed by atoms with Crippen LogP contribution in [0, 0.1) is 5.92 Å². The van der Waals surface area contributed by atoms with Gasteiger partial charge in [-0.05, 0) is 5.92 Å². The molecule has 0 heterocycles. The van der Waals surface area contributed by atoms with Crippen LogP contribution in [0.5, 0.6) is 0 Å². The largest absolute Gasteiger partial charge is 0.0654 e. The second kappa shape index (κ2) is 9.24. The summed E-state index contributed by atoms with van der Waals surface area (Å²) in [6, 6.07) is 0. The van der Waals surface area contributed by atoms with E-state index in [0.717, 1.165) is 5.92 Å². The Morgan fingerprint density at radius 2 is 1.07 bits per heavy atom. The van der Waals surface area contributed by atoms with Crippen molar-refractivity contribution in [3.63, 3.8) is 0 Å². The highest BCUT2D eigenvalue weighted by Crippen LogP contribution is 2.26. The van der Waals surface area contributed by atoms with Gasteiger partial charge in [-0.15, -0.1) is 0 Å². The Kier molecular flexibility index (Phi) is 8.05. The lowest BCUT2D eigenvalue weighted by Crippen LogP contribution is -2.04. The molecule has 0 saturated heterocycles. The summed E-state index contributed by atoms with van der Waals surface area (Å²) in [5.41, 5.74) is 0. The molecule has 2 saturated carbocycles. The molecule has 2 aliphatic carbocycles. The first kappa shape index (κ1) is 13.1. The van der Waals surface area contributed by atoms with Crippen LogP contribution >= 0.6 is 0 Å². The third kappa shape index (κ3) is 6.98. The van der Waals surface area contributed by atoms with E-state index in [0.29, 0.717) is 0 Å². The number of hydrogen-bond acceptors (Lipinski definition) is 0. The molecule has 0 spiro atoms. The van der Waals surface area contributed by atoms with E-state index in [9.17, 15) is 0 Å². The van der Waals surface area contributed by atoms with Crippen LogP contribution in [0.1, 0.15) is 90.4 Å². The van der Waals surface area contributed by atoms with Crippen LogP contribution < -0.4 is 0 Å². The maximum absolute atomic E-state index is 2.30. The van der Waals surface area contributed by atoms with E-state index in [1.165, 1.54) is 83.5 Å². The minimum atomic E-state index is 1.10. The van der Waals surface area contributed by atoms with Gasteiger partial charge in [0.05, 0.1) is 0 Å². The molecule has 0 nitrogen and oxygen atoms in total. The topological polar surface area (TPSA) is 0 Å². The summed E-state index contributed by atoms with van der Waals surface area (Å²) in [5, 5.41) is 0. The van der Waals surface area contributed by atoms with Gasteiger partial charge < -0.3 is 0 Å². The molecule has 0 N–H and O–H groups in total. The zero-order valence-corrected chi connectivity index (χ0v) is 10.8. The van der Waals surface area contributed by atoms with Crippen molar-refractivity contribution in [3.05, 3.63) is 0 Å². The van der Waals surface area contributed by atoms with Gasteiger partial charge in [0.25, 0.3) is 0 Å². The molecule has 0 aromatic heterocycles. The lowest BCUT2D eigenvalue weighted by molar-refractivity contribution is 0.336. The summed E-state index contributed by atoms with van der Waals surface area (Å²) in [5.74, 6) is 1.10. The van der Waals surface area contributed by atoms with E-state index in [1.807, 2.05) is 0 Å². The molecule has 0 aromatic rings. The van der Waals surface area contributed by atoms with E-state index in [1.54, 1.807) is 0 Å². The Hall–Kier alpha value is 0. The fourth-order valence-electron chi connectivity index (χ4n) is 2.94. The molecule has 0 aromatic carbocycles. The van der Waals surface area contributed by atoms with Crippen LogP contribution in [0.2, 0.25) is 0 Å². The maximum atomic E-state index is 2.30. The summed E-state index contributed by atoms with van der Waals surface area (Å²) in [4.78, 5) is 0. The fourth-order valence-corrected chi connectivity index (χ4v) is 2.94. The third-order valence-electron chi connectivity index (χ3n) is 3.92. The van der Waals surface area contributed by atoms with Gasteiger partial charge in [-0.1, -0.05) is 90.4 Å². The van der Waals surface area contributed by atoms with Crippen molar-refractivity contribution < 1.29 is 0 Å². The van der Waals surface area contributed by atoms with E-state index in [4.69, 9.17) is 0 Å². The highest BCUT2D eigenvalue weighted by molar-refractivity contribution is 4.64. The summed E-state index contributed by atoms with van der Waals surface area (Å²) in [7, 11) is 0. The van der Waals surface area contributed by atoms with Crippen molar-refractivity contribution in [1.29, 1.82) is 0 Å². The molecule has 0 heteroatoms. The quantitative estimate of drug-likeness (QED) is 0.548. The fraction of sp³-hybridized carbons (Fsp3) is 1.00. The Morgan fingerprint density at radius 1 is 0.667 bits per heavy atom. The van der Waals surface area contributed by atoms with Crippen molar-refractivity contribution in [2.24, 2.45) is 5.92 Å². The van der Waals surface area contributed by atoms with E-state index >= 15 is 0 Å². The standard InChI is InChI=1S/C9H18.C6H12/c1-2-6-9-7-4-3-5-8-9;1-2-4-6-5-3-1/h9H,2-8H2,1H3;1-6H2. The zero-order valence-electron chi connectivity index (χ0n) is 10.8. The molecule has 2 aliphatic rings. The van der Waals surface area contributed by atoms with Gasteiger partial charge in [0, 0.05) is 0 Å². The molecule has 0 unspecified atom stereocenters. The predicted octanol–water partition coefficient (Wildman–Crippen LogP) is 5.71. The van der Waals surface area contributed by atoms with Gasteiger partial charge >= 0.3 is 0 Å². The normalized spacial score (nSPS) is 23.0. The highest BCUT2D eigenvalue weighted by Gasteiger charge is 2.10. The SMILES string of the molecule is C1CCCCC1.CCCC1CCCCC1. The van der Waals surface area contributed by atoms with Gasteiger partial charge in [-0.3, -0.25) is 0 Å². The smallest absolute Gasteiger partial charge is 0.0414 e. The molecule has 2 fully saturated rings. The average molecular weight is 210 g/mol. The van der Waals surface area contributed by atoms with Crippen LogP contribution in [-0.2, 0) is 0 Å². The van der Waals surface area contributed by atoms with E-state index in [-0.39, 0.29) is 0 Å². The first-order valence-corrected chi connectivity index (χ1v) is 7.43. The molecule has 15 heavy (non-hydrogen) atoms. The molecule has 0 bridgehead atoms. The minimum Gasteiger partial charge on any atom is -0.0654 e. The van der Waals surface area contributed by atoms with Crippen LogP contribution in [-0.4, -0.2) is 0 Å². The predicted molar refractivity (Wildman–Crippen MR) is 69.2 cm³/mol. The monoisotopic (exact) mass is 210 g/mol. The summed E-state index contributed by atoms with van der Waals surface area (Å²) in [6.45, 7) is 2.30. The van der Waals surface area contributed by atoms with Gasteiger partial charge in [0.2, 0.25) is 0 Å². The molecule has 0 radical (unpaired) electrons. The Labute approximate surface area is 96.8 Å². The van der Waals surface area contributed by atoms with Crippen molar-refractivity contribution >= 4 is 0 Å². The molecule has 0 aliphatic heterocycles. The van der Waals surface area contributed by atoms with Crippen LogP contribution in [0.4, 0.5) is 0 Å². The first-order valence-electron chi connectivity index (χ1n) is 7.43. The second-order valence-corrected chi connectivity index (χ2v) is 5.41. The van der Waals surface area contributed by atoms with E-state index < -0.39 is 0 Å². The molecule has 0 atom stereocenters. The van der Waals surface area contributed by atoms with Crippen LogP contribution in [0.25, 0.3) is 0 Å². The van der Waals surface area contributed by atoms with Crippen molar-refractivity contribution in [2.45, 2.75) is 90.4 Å². The lowest BCUT2D eigenvalue weighted by Gasteiger charge is -2.20. The number of rotatable bonds is 2. The van der Waals surface area contributed by atoms with Crippen molar-refractivity contribution in [1.82, 2.24) is 0 Å². The molecular weight excluding hydrogens is 180 g/mol. The van der Waals surface area contributed by atoms with Gasteiger partial charge in [0.15, 0.2) is 0 Å². The summed E-state index contributed by atoms with van der Waals surface area (Å²) < 4.78 is 0. The number of hydrogen-bond donors (Lipinski definition) is 0. The molecule has 90 valence electrons. The Morgan fingerprint density at radius 3 is 1.47 bits per heavy atom. The average Bonchev–Trinajstić information content (AvgIpc) is 2.34. The maximum Gasteiger partial charge on any atom is -0.0414 e. The second-order valence-electron chi connectivity index (χ2n) is 5.41. The van der Waals surface area contributed by atoms with Crippen LogP contribution in [0.3, 0.4) is 0 Å². The molecule has 2 rings (SSSR count). The molecule has 0 amide bonds. The highest BCUT2D eigenvalue weighted by atomic mass is 14.2. The first-order chi connectivity index (χ1) is 7.43. The minimum absolute atomic E-state index is 1.10. The Bertz CT molecular complexity index is 104. The Balaban J connectivity index is 0.000000162. The zero-order chi connectivity index (χ0) is 10.8. The lowest BCUT2D eigenvalue weighted by atomic mass is 9.86. The third-order valence-corrected chi connectivity index (χ3v) is 3.92. The van der Waals surface area contributed by atoms with E-state index in [2.05, 4.69) is 6.92 Å². The van der Waals surface area contributed by atoms with Gasteiger partial charge in [-0.2, -0.15) is 0 Å². The summed E-state index contributed by atoms with van der Waals surface area (Å²) in [6.07, 6.45) is 19.4. The molecular formula is C15H30. The van der Waals surface area contributed by atoms with Crippen LogP contribution in [0.15, 0.2) is 0 Å².